The molecule has 14 heavy (non-hydrogen) atoms. The van der Waals surface area contributed by atoms with Crippen LogP contribution in [0.2, 0.25) is 0 Å². The Morgan fingerprint density at radius 2 is 2.07 bits per heavy atom. The number of hydrogen-bond acceptors (Lipinski definition) is 1. The minimum absolute atomic E-state index is 0.149. The van der Waals surface area contributed by atoms with E-state index in [0.717, 1.165) is 12.0 Å². The lowest BCUT2D eigenvalue weighted by atomic mass is 10.0. The Morgan fingerprint density at radius 1 is 1.43 bits per heavy atom. The van der Waals surface area contributed by atoms with Crippen LogP contribution in [0, 0.1) is 11.8 Å². The van der Waals surface area contributed by atoms with Gasteiger partial charge in [-0.1, -0.05) is 39.0 Å². The Labute approximate surface area is 86.8 Å². The van der Waals surface area contributed by atoms with Crippen LogP contribution in [0.3, 0.4) is 0 Å². The predicted molar refractivity (Wildman–Crippen MR) is 61.2 cm³/mol. The van der Waals surface area contributed by atoms with Gasteiger partial charge in [0.05, 0.1) is 0 Å². The summed E-state index contributed by atoms with van der Waals surface area (Å²) in [6, 6.07) is 0. The van der Waals surface area contributed by atoms with Crippen LogP contribution in [0.15, 0.2) is 35.1 Å². The summed E-state index contributed by atoms with van der Waals surface area (Å²) < 4.78 is 0. The van der Waals surface area contributed by atoms with Crippen molar-refractivity contribution in [3.63, 3.8) is 0 Å². The van der Waals surface area contributed by atoms with E-state index in [1.807, 2.05) is 13.8 Å². The molecule has 1 N–H and O–H groups in total. The van der Waals surface area contributed by atoms with Crippen molar-refractivity contribution in [1.82, 2.24) is 0 Å². The summed E-state index contributed by atoms with van der Waals surface area (Å²) >= 11 is 0. The molecule has 78 valence electrons. The van der Waals surface area contributed by atoms with Crippen LogP contribution >= 0.6 is 0 Å². The molecule has 0 aliphatic heterocycles. The highest BCUT2D eigenvalue weighted by Crippen LogP contribution is 2.23. The largest absolute Gasteiger partial charge is 0.511 e. The van der Waals surface area contributed by atoms with E-state index >= 15 is 0 Å². The van der Waals surface area contributed by atoms with Crippen LogP contribution in [-0.4, -0.2) is 5.11 Å². The van der Waals surface area contributed by atoms with Crippen molar-refractivity contribution in [2.24, 2.45) is 11.8 Å². The molecule has 0 fully saturated rings. The summed E-state index contributed by atoms with van der Waals surface area (Å²) in [5, 5.41) is 9.76. The molecule has 0 heterocycles. The first-order valence-corrected chi connectivity index (χ1v) is 5.29. The number of aliphatic hydroxyl groups excluding tert-OH is 1. The van der Waals surface area contributed by atoms with E-state index in [1.165, 1.54) is 5.57 Å². The highest BCUT2D eigenvalue weighted by atomic mass is 16.3. The maximum Gasteiger partial charge on any atom is 0.102 e. The third-order valence-electron chi connectivity index (χ3n) is 2.48. The Kier molecular flexibility index (Phi) is 3.56. The first-order chi connectivity index (χ1) is 6.50. The predicted octanol–water partition coefficient (Wildman–Crippen LogP) is 4.00. The van der Waals surface area contributed by atoms with Gasteiger partial charge in [0.2, 0.25) is 0 Å². The zero-order chi connectivity index (χ0) is 10.7. The van der Waals surface area contributed by atoms with Crippen LogP contribution < -0.4 is 0 Å². The second kappa shape index (κ2) is 4.50. The van der Waals surface area contributed by atoms with Gasteiger partial charge >= 0.3 is 0 Å². The molecule has 0 radical (unpaired) electrons. The average Bonchev–Trinajstić information content (AvgIpc) is 2.19. The van der Waals surface area contributed by atoms with Crippen molar-refractivity contribution in [2.75, 3.05) is 0 Å². The maximum atomic E-state index is 9.76. The standard InChI is InChI=1S/C13H20O/c1-9(2)7-12-6-5-10(3)13(14)11(4)8-12/h5-6,8-10,14H,7H2,1-4H3. The number of aliphatic hydroxyl groups is 1. The van der Waals surface area contributed by atoms with Gasteiger partial charge < -0.3 is 5.11 Å². The van der Waals surface area contributed by atoms with Crippen LogP contribution in [-0.2, 0) is 0 Å². The highest BCUT2D eigenvalue weighted by molar-refractivity contribution is 5.35. The first-order valence-electron chi connectivity index (χ1n) is 5.29. The zero-order valence-electron chi connectivity index (χ0n) is 9.54. The summed E-state index contributed by atoms with van der Waals surface area (Å²) in [5.41, 5.74) is 2.31. The van der Waals surface area contributed by atoms with Crippen molar-refractivity contribution >= 4 is 0 Å². The normalized spacial score (nSPS) is 22.6. The Morgan fingerprint density at radius 3 is 2.64 bits per heavy atom. The lowest BCUT2D eigenvalue weighted by Gasteiger charge is -2.05. The summed E-state index contributed by atoms with van der Waals surface area (Å²) in [5.74, 6) is 1.31. The fraction of sp³-hybridized carbons (Fsp3) is 0.538. The summed E-state index contributed by atoms with van der Waals surface area (Å²) in [4.78, 5) is 0. The quantitative estimate of drug-likeness (QED) is 0.701. The molecular formula is C13H20O. The van der Waals surface area contributed by atoms with E-state index < -0.39 is 0 Å². The number of allylic oxidation sites excluding steroid dienone is 5. The van der Waals surface area contributed by atoms with Crippen LogP contribution in [0.1, 0.15) is 34.1 Å². The van der Waals surface area contributed by atoms with Crippen molar-refractivity contribution in [1.29, 1.82) is 0 Å². The minimum Gasteiger partial charge on any atom is -0.511 e. The molecule has 0 saturated heterocycles. The maximum absolute atomic E-state index is 9.76. The molecule has 0 aromatic carbocycles. The van der Waals surface area contributed by atoms with Gasteiger partial charge in [-0.25, -0.2) is 0 Å². The Balaban J connectivity index is 2.90. The van der Waals surface area contributed by atoms with Gasteiger partial charge in [-0.2, -0.15) is 0 Å². The van der Waals surface area contributed by atoms with Crippen LogP contribution in [0.5, 0.6) is 0 Å². The molecular weight excluding hydrogens is 172 g/mol. The van der Waals surface area contributed by atoms with Gasteiger partial charge in [0.15, 0.2) is 0 Å². The molecule has 0 amide bonds. The number of rotatable bonds is 2. The van der Waals surface area contributed by atoms with Crippen molar-refractivity contribution < 1.29 is 5.11 Å². The molecule has 0 aromatic rings. The third kappa shape index (κ3) is 2.76. The smallest absolute Gasteiger partial charge is 0.102 e. The van der Waals surface area contributed by atoms with Crippen LogP contribution in [0.4, 0.5) is 0 Å². The van der Waals surface area contributed by atoms with E-state index in [4.69, 9.17) is 0 Å². The molecule has 1 aliphatic rings. The molecule has 0 bridgehead atoms. The number of hydrogen-bond donors (Lipinski definition) is 1. The molecule has 1 heteroatoms. The zero-order valence-corrected chi connectivity index (χ0v) is 9.54. The fourth-order valence-electron chi connectivity index (χ4n) is 1.72. The monoisotopic (exact) mass is 192 g/mol. The summed E-state index contributed by atoms with van der Waals surface area (Å²) in [6.45, 7) is 8.41. The summed E-state index contributed by atoms with van der Waals surface area (Å²) in [7, 11) is 0. The highest BCUT2D eigenvalue weighted by Gasteiger charge is 2.10. The van der Waals surface area contributed by atoms with Crippen molar-refractivity contribution in [3.05, 3.63) is 35.1 Å². The van der Waals surface area contributed by atoms with Crippen molar-refractivity contribution in [3.8, 4) is 0 Å². The van der Waals surface area contributed by atoms with Crippen LogP contribution in [0.25, 0.3) is 0 Å². The lowest BCUT2D eigenvalue weighted by molar-refractivity contribution is 0.360. The second-order valence-electron chi connectivity index (χ2n) is 4.53. The fourth-order valence-corrected chi connectivity index (χ4v) is 1.72. The molecule has 0 saturated carbocycles. The van der Waals surface area contributed by atoms with Gasteiger partial charge in [-0.05, 0) is 30.4 Å². The van der Waals surface area contributed by atoms with Gasteiger partial charge in [-0.15, -0.1) is 0 Å². The van der Waals surface area contributed by atoms with Gasteiger partial charge in [0.25, 0.3) is 0 Å². The Hall–Kier alpha value is -0.980. The SMILES string of the molecule is CC1=C(O)C(C)C=CC(CC(C)C)=C1. The lowest BCUT2D eigenvalue weighted by Crippen LogP contribution is -1.95. The molecule has 1 atom stereocenters. The molecule has 0 spiro atoms. The third-order valence-corrected chi connectivity index (χ3v) is 2.48. The molecule has 1 rings (SSSR count). The Bertz CT molecular complexity index is 292. The molecule has 1 unspecified atom stereocenters. The van der Waals surface area contributed by atoms with Gasteiger partial charge in [-0.3, -0.25) is 0 Å². The van der Waals surface area contributed by atoms with Gasteiger partial charge in [0.1, 0.15) is 5.76 Å². The minimum atomic E-state index is 0.149. The van der Waals surface area contributed by atoms with Crippen molar-refractivity contribution in [2.45, 2.75) is 34.1 Å². The molecule has 1 aliphatic carbocycles. The van der Waals surface area contributed by atoms with Gasteiger partial charge in [0, 0.05) is 5.92 Å². The van der Waals surface area contributed by atoms with E-state index in [1.54, 1.807) is 0 Å². The van der Waals surface area contributed by atoms with E-state index in [2.05, 4.69) is 32.1 Å². The van der Waals surface area contributed by atoms with E-state index in [-0.39, 0.29) is 5.92 Å². The second-order valence-corrected chi connectivity index (χ2v) is 4.53. The molecule has 1 nitrogen and oxygen atoms in total. The first kappa shape index (κ1) is 11.1. The molecule has 0 aromatic heterocycles. The average molecular weight is 192 g/mol. The van der Waals surface area contributed by atoms with E-state index in [0.29, 0.717) is 11.7 Å². The van der Waals surface area contributed by atoms with E-state index in [9.17, 15) is 5.11 Å². The summed E-state index contributed by atoms with van der Waals surface area (Å²) in [6.07, 6.45) is 7.38. The topological polar surface area (TPSA) is 20.2 Å².